The van der Waals surface area contributed by atoms with Crippen LogP contribution in [0.2, 0.25) is 0 Å². The zero-order chi connectivity index (χ0) is 11.9. The van der Waals surface area contributed by atoms with Gasteiger partial charge < -0.3 is 0 Å². The summed E-state index contributed by atoms with van der Waals surface area (Å²) in [5, 5.41) is 6.45. The number of hydrogen-bond acceptors (Lipinski definition) is 3. The standard InChI is InChI=1S/C11H16N4O/c1-6(2)8-5-9-13-14-11(16)15(9)10(12-8)7(3)4/h5-7H,1-4H3,(H,14,16). The second-order valence-corrected chi connectivity index (χ2v) is 4.57. The summed E-state index contributed by atoms with van der Waals surface area (Å²) in [6.45, 7) is 8.19. The molecule has 0 aliphatic rings. The van der Waals surface area contributed by atoms with Crippen molar-refractivity contribution in [1.82, 2.24) is 19.6 Å². The van der Waals surface area contributed by atoms with Gasteiger partial charge in [-0.3, -0.25) is 0 Å². The molecular weight excluding hydrogens is 204 g/mol. The third-order valence-corrected chi connectivity index (χ3v) is 2.56. The number of hydrogen-bond donors (Lipinski definition) is 1. The molecule has 5 nitrogen and oxygen atoms in total. The van der Waals surface area contributed by atoms with Crippen molar-refractivity contribution < 1.29 is 0 Å². The summed E-state index contributed by atoms with van der Waals surface area (Å²) < 4.78 is 1.54. The van der Waals surface area contributed by atoms with E-state index in [9.17, 15) is 4.79 Å². The van der Waals surface area contributed by atoms with Gasteiger partial charge in [0.25, 0.3) is 0 Å². The lowest BCUT2D eigenvalue weighted by Gasteiger charge is -2.11. The lowest BCUT2D eigenvalue weighted by Crippen LogP contribution is -2.17. The molecule has 2 aromatic heterocycles. The third kappa shape index (κ3) is 1.62. The van der Waals surface area contributed by atoms with Gasteiger partial charge in [0.15, 0.2) is 5.65 Å². The van der Waals surface area contributed by atoms with Crippen LogP contribution in [-0.2, 0) is 0 Å². The van der Waals surface area contributed by atoms with Gasteiger partial charge in [-0.05, 0) is 5.92 Å². The Morgan fingerprint density at radius 2 is 1.94 bits per heavy atom. The molecule has 0 aromatic carbocycles. The number of aromatic nitrogens is 4. The molecule has 2 rings (SSSR count). The maximum absolute atomic E-state index is 11.6. The molecule has 0 aliphatic carbocycles. The lowest BCUT2D eigenvalue weighted by atomic mass is 10.1. The summed E-state index contributed by atoms with van der Waals surface area (Å²) >= 11 is 0. The molecule has 0 atom stereocenters. The summed E-state index contributed by atoms with van der Waals surface area (Å²) in [5.41, 5.74) is 1.39. The Bertz CT molecular complexity index is 565. The van der Waals surface area contributed by atoms with Crippen molar-refractivity contribution >= 4 is 5.65 Å². The van der Waals surface area contributed by atoms with Crippen LogP contribution in [0.3, 0.4) is 0 Å². The molecule has 0 aliphatic heterocycles. The van der Waals surface area contributed by atoms with Gasteiger partial charge in [0.05, 0.1) is 0 Å². The average molecular weight is 220 g/mol. The first kappa shape index (κ1) is 10.9. The molecule has 16 heavy (non-hydrogen) atoms. The van der Waals surface area contributed by atoms with E-state index in [2.05, 4.69) is 29.0 Å². The van der Waals surface area contributed by atoms with Crippen molar-refractivity contribution in [3.63, 3.8) is 0 Å². The minimum Gasteiger partial charge on any atom is -0.246 e. The molecule has 2 heterocycles. The molecule has 0 fully saturated rings. The second kappa shape index (κ2) is 3.73. The SMILES string of the molecule is CC(C)c1cc2n[nH]c(=O)n2c(C(C)C)n1. The first-order valence-corrected chi connectivity index (χ1v) is 5.48. The molecule has 5 heteroatoms. The van der Waals surface area contributed by atoms with Gasteiger partial charge in [0, 0.05) is 17.7 Å². The highest BCUT2D eigenvalue weighted by Crippen LogP contribution is 2.17. The van der Waals surface area contributed by atoms with E-state index in [-0.39, 0.29) is 11.6 Å². The molecule has 1 N–H and O–H groups in total. The highest BCUT2D eigenvalue weighted by molar-refractivity contribution is 5.39. The monoisotopic (exact) mass is 220 g/mol. The highest BCUT2D eigenvalue weighted by atomic mass is 16.1. The molecular formula is C11H16N4O. The van der Waals surface area contributed by atoms with Gasteiger partial charge >= 0.3 is 5.69 Å². The largest absolute Gasteiger partial charge is 0.349 e. The van der Waals surface area contributed by atoms with Crippen LogP contribution in [0.4, 0.5) is 0 Å². The summed E-state index contributed by atoms with van der Waals surface area (Å²) in [5.74, 6) is 1.28. The molecule has 0 unspecified atom stereocenters. The van der Waals surface area contributed by atoms with E-state index in [0.29, 0.717) is 11.6 Å². The number of nitrogens with zero attached hydrogens (tertiary/aromatic N) is 3. The summed E-state index contributed by atoms with van der Waals surface area (Å²) in [6.07, 6.45) is 0. The van der Waals surface area contributed by atoms with Crippen LogP contribution in [0.25, 0.3) is 5.65 Å². The van der Waals surface area contributed by atoms with Crippen molar-refractivity contribution in [3.8, 4) is 0 Å². The topological polar surface area (TPSA) is 63.0 Å². The van der Waals surface area contributed by atoms with Gasteiger partial charge in [0.1, 0.15) is 5.82 Å². The van der Waals surface area contributed by atoms with Crippen LogP contribution >= 0.6 is 0 Å². The number of fused-ring (bicyclic) bond motifs is 1. The fourth-order valence-corrected chi connectivity index (χ4v) is 1.66. The zero-order valence-electron chi connectivity index (χ0n) is 9.98. The van der Waals surface area contributed by atoms with Crippen LogP contribution < -0.4 is 5.69 Å². The second-order valence-electron chi connectivity index (χ2n) is 4.57. The number of H-pyrrole nitrogens is 1. The normalized spacial score (nSPS) is 11.9. The fraction of sp³-hybridized carbons (Fsp3) is 0.545. The molecule has 0 amide bonds. The molecule has 0 radical (unpaired) electrons. The van der Waals surface area contributed by atoms with E-state index in [1.807, 2.05) is 19.9 Å². The highest BCUT2D eigenvalue weighted by Gasteiger charge is 2.14. The average Bonchev–Trinajstić information content (AvgIpc) is 2.59. The molecule has 0 saturated carbocycles. The Morgan fingerprint density at radius 3 is 2.50 bits per heavy atom. The van der Waals surface area contributed by atoms with Crippen molar-refractivity contribution in [2.24, 2.45) is 0 Å². The quantitative estimate of drug-likeness (QED) is 0.837. The van der Waals surface area contributed by atoms with Gasteiger partial charge in [-0.1, -0.05) is 27.7 Å². The van der Waals surface area contributed by atoms with Gasteiger partial charge in [0.2, 0.25) is 0 Å². The Balaban J connectivity index is 2.81. The van der Waals surface area contributed by atoms with E-state index in [1.54, 1.807) is 0 Å². The Kier molecular flexibility index (Phi) is 2.53. The van der Waals surface area contributed by atoms with E-state index in [4.69, 9.17) is 0 Å². The lowest BCUT2D eigenvalue weighted by molar-refractivity contribution is 0.707. The number of nitrogens with one attached hydrogen (secondary N) is 1. The van der Waals surface area contributed by atoms with E-state index in [1.165, 1.54) is 4.40 Å². The molecule has 2 aromatic rings. The minimum atomic E-state index is -0.221. The van der Waals surface area contributed by atoms with Crippen molar-refractivity contribution in [2.75, 3.05) is 0 Å². The van der Waals surface area contributed by atoms with E-state index < -0.39 is 0 Å². The Labute approximate surface area is 93.5 Å². The predicted octanol–water partition coefficient (Wildman–Crippen LogP) is 1.66. The molecule has 0 bridgehead atoms. The van der Waals surface area contributed by atoms with Crippen LogP contribution in [0, 0.1) is 0 Å². The first-order valence-electron chi connectivity index (χ1n) is 5.48. The Hall–Kier alpha value is -1.65. The number of rotatable bonds is 2. The van der Waals surface area contributed by atoms with Gasteiger partial charge in [-0.15, -0.1) is 0 Å². The smallest absolute Gasteiger partial charge is 0.246 e. The maximum Gasteiger partial charge on any atom is 0.349 e. The third-order valence-electron chi connectivity index (χ3n) is 2.56. The Morgan fingerprint density at radius 1 is 1.25 bits per heavy atom. The zero-order valence-corrected chi connectivity index (χ0v) is 9.98. The molecule has 0 saturated heterocycles. The maximum atomic E-state index is 11.6. The van der Waals surface area contributed by atoms with Gasteiger partial charge in [-0.25, -0.2) is 19.3 Å². The van der Waals surface area contributed by atoms with Crippen LogP contribution in [0.1, 0.15) is 51.0 Å². The summed E-state index contributed by atoms with van der Waals surface area (Å²) in [4.78, 5) is 16.1. The molecule has 86 valence electrons. The van der Waals surface area contributed by atoms with E-state index >= 15 is 0 Å². The van der Waals surface area contributed by atoms with Crippen LogP contribution in [-0.4, -0.2) is 19.6 Å². The van der Waals surface area contributed by atoms with E-state index in [0.717, 1.165) is 11.5 Å². The van der Waals surface area contributed by atoms with Crippen LogP contribution in [0.5, 0.6) is 0 Å². The predicted molar refractivity (Wildman–Crippen MR) is 61.8 cm³/mol. The van der Waals surface area contributed by atoms with Crippen LogP contribution in [0.15, 0.2) is 10.9 Å². The van der Waals surface area contributed by atoms with Crippen molar-refractivity contribution in [3.05, 3.63) is 28.1 Å². The number of aromatic amines is 1. The summed E-state index contributed by atoms with van der Waals surface area (Å²) in [7, 11) is 0. The first-order chi connectivity index (χ1) is 7.50. The van der Waals surface area contributed by atoms with Crippen molar-refractivity contribution in [1.29, 1.82) is 0 Å². The molecule has 0 spiro atoms. The fourth-order valence-electron chi connectivity index (χ4n) is 1.66. The van der Waals surface area contributed by atoms with Gasteiger partial charge in [-0.2, -0.15) is 5.10 Å². The minimum absolute atomic E-state index is 0.191. The summed E-state index contributed by atoms with van der Waals surface area (Å²) in [6, 6.07) is 1.86. The van der Waals surface area contributed by atoms with Crippen molar-refractivity contribution in [2.45, 2.75) is 39.5 Å².